The van der Waals surface area contributed by atoms with Gasteiger partial charge in [0, 0.05) is 12.6 Å². The van der Waals surface area contributed by atoms with Crippen molar-refractivity contribution in [3.63, 3.8) is 0 Å². The number of hydrogen-bond acceptors (Lipinski definition) is 2. The summed E-state index contributed by atoms with van der Waals surface area (Å²) >= 11 is 0. The molecule has 0 amide bonds. The highest BCUT2D eigenvalue weighted by atomic mass is 16.5. The normalized spacial score (nSPS) is 27.6. The lowest BCUT2D eigenvalue weighted by atomic mass is 10.1. The molecule has 14 heavy (non-hydrogen) atoms. The number of ether oxygens (including phenoxy) is 1. The maximum atomic E-state index is 5.77. The maximum Gasteiger partial charge on any atom is 0.0950 e. The second-order valence-electron chi connectivity index (χ2n) is 4.05. The zero-order valence-corrected chi connectivity index (χ0v) is 8.79. The van der Waals surface area contributed by atoms with Crippen LogP contribution in [0.4, 0.5) is 0 Å². The first-order chi connectivity index (χ1) is 6.75. The van der Waals surface area contributed by atoms with E-state index < -0.39 is 0 Å². The number of benzene rings is 1. The molecule has 1 aromatic carbocycles. The molecule has 0 saturated carbocycles. The highest BCUT2D eigenvalue weighted by molar-refractivity contribution is 5.24. The van der Waals surface area contributed by atoms with Gasteiger partial charge in [-0.15, -0.1) is 0 Å². The van der Waals surface area contributed by atoms with Gasteiger partial charge in [0.05, 0.1) is 12.7 Å². The second-order valence-corrected chi connectivity index (χ2v) is 4.05. The quantitative estimate of drug-likeness (QED) is 0.733. The highest BCUT2D eigenvalue weighted by Crippen LogP contribution is 2.20. The molecule has 1 aliphatic heterocycles. The smallest absolute Gasteiger partial charge is 0.0950 e. The predicted molar refractivity (Wildman–Crippen MR) is 57.3 cm³/mol. The van der Waals surface area contributed by atoms with E-state index in [1.165, 1.54) is 11.1 Å². The summed E-state index contributed by atoms with van der Waals surface area (Å²) in [5.74, 6) is 0. The molecule has 1 N–H and O–H groups in total. The summed E-state index contributed by atoms with van der Waals surface area (Å²) in [6, 6.07) is 9.02. The minimum atomic E-state index is 0.228. The number of aryl methyl sites for hydroxylation is 1. The van der Waals surface area contributed by atoms with Crippen molar-refractivity contribution in [2.24, 2.45) is 0 Å². The summed E-state index contributed by atoms with van der Waals surface area (Å²) in [7, 11) is 0. The van der Waals surface area contributed by atoms with Crippen molar-refractivity contribution in [3.05, 3.63) is 35.4 Å². The fourth-order valence-corrected chi connectivity index (χ4v) is 1.77. The van der Waals surface area contributed by atoms with Gasteiger partial charge < -0.3 is 10.1 Å². The average molecular weight is 191 g/mol. The summed E-state index contributed by atoms with van der Waals surface area (Å²) < 4.78 is 5.77. The molecule has 0 spiro atoms. The summed E-state index contributed by atoms with van der Waals surface area (Å²) in [5.41, 5.74) is 2.58. The van der Waals surface area contributed by atoms with E-state index in [0.29, 0.717) is 6.04 Å². The average Bonchev–Trinajstić information content (AvgIpc) is 2.19. The van der Waals surface area contributed by atoms with Crippen molar-refractivity contribution in [2.75, 3.05) is 13.2 Å². The lowest BCUT2D eigenvalue weighted by Gasteiger charge is -2.28. The van der Waals surface area contributed by atoms with E-state index in [9.17, 15) is 0 Å². The van der Waals surface area contributed by atoms with Crippen LogP contribution in [-0.2, 0) is 4.74 Å². The van der Waals surface area contributed by atoms with Crippen molar-refractivity contribution in [3.8, 4) is 0 Å². The lowest BCUT2D eigenvalue weighted by Crippen LogP contribution is -2.40. The molecule has 2 rings (SSSR count). The van der Waals surface area contributed by atoms with E-state index >= 15 is 0 Å². The third-order valence-electron chi connectivity index (χ3n) is 2.61. The molecule has 0 bridgehead atoms. The Morgan fingerprint density at radius 1 is 1.43 bits per heavy atom. The van der Waals surface area contributed by atoms with Crippen LogP contribution < -0.4 is 5.32 Å². The monoisotopic (exact) mass is 191 g/mol. The molecule has 2 nitrogen and oxygen atoms in total. The SMILES string of the molecule is Cc1cccc([C@H]2CN[C@H](C)CO2)c1. The Morgan fingerprint density at radius 2 is 2.29 bits per heavy atom. The fourth-order valence-electron chi connectivity index (χ4n) is 1.77. The first kappa shape index (κ1) is 9.69. The maximum absolute atomic E-state index is 5.77. The molecule has 0 aromatic heterocycles. The molecule has 0 aliphatic carbocycles. The molecule has 1 heterocycles. The van der Waals surface area contributed by atoms with Gasteiger partial charge in [0.15, 0.2) is 0 Å². The van der Waals surface area contributed by atoms with Crippen molar-refractivity contribution in [1.29, 1.82) is 0 Å². The van der Waals surface area contributed by atoms with Crippen LogP contribution in [0.25, 0.3) is 0 Å². The van der Waals surface area contributed by atoms with Gasteiger partial charge >= 0.3 is 0 Å². The fraction of sp³-hybridized carbons (Fsp3) is 0.500. The van der Waals surface area contributed by atoms with E-state index in [2.05, 4.69) is 43.4 Å². The number of hydrogen-bond donors (Lipinski definition) is 1. The standard InChI is InChI=1S/C12H17NO/c1-9-4-3-5-11(6-9)12-7-13-10(2)8-14-12/h3-6,10,12-13H,7-8H2,1-2H3/t10-,12-/m1/s1. The van der Waals surface area contributed by atoms with E-state index in [4.69, 9.17) is 4.74 Å². The third-order valence-corrected chi connectivity index (χ3v) is 2.61. The summed E-state index contributed by atoms with van der Waals surface area (Å²) in [4.78, 5) is 0. The molecule has 1 aromatic rings. The van der Waals surface area contributed by atoms with Gasteiger partial charge in [-0.3, -0.25) is 0 Å². The van der Waals surface area contributed by atoms with E-state index in [-0.39, 0.29) is 6.10 Å². The van der Waals surface area contributed by atoms with Crippen LogP contribution in [0.2, 0.25) is 0 Å². The van der Waals surface area contributed by atoms with E-state index in [1.807, 2.05) is 0 Å². The first-order valence-corrected chi connectivity index (χ1v) is 5.17. The Kier molecular flexibility index (Phi) is 2.85. The Morgan fingerprint density at radius 3 is 2.93 bits per heavy atom. The van der Waals surface area contributed by atoms with Crippen molar-refractivity contribution >= 4 is 0 Å². The molecule has 1 fully saturated rings. The Hall–Kier alpha value is -0.860. The minimum Gasteiger partial charge on any atom is -0.371 e. The summed E-state index contributed by atoms with van der Waals surface area (Å²) in [6.07, 6.45) is 0.228. The molecular formula is C12H17NO. The number of rotatable bonds is 1. The van der Waals surface area contributed by atoms with E-state index in [1.54, 1.807) is 0 Å². The molecule has 76 valence electrons. The van der Waals surface area contributed by atoms with Gasteiger partial charge in [-0.05, 0) is 19.4 Å². The van der Waals surface area contributed by atoms with Gasteiger partial charge in [-0.1, -0.05) is 29.8 Å². The van der Waals surface area contributed by atoms with Gasteiger partial charge in [0.2, 0.25) is 0 Å². The van der Waals surface area contributed by atoms with E-state index in [0.717, 1.165) is 13.2 Å². The van der Waals surface area contributed by atoms with Crippen molar-refractivity contribution in [2.45, 2.75) is 26.0 Å². The van der Waals surface area contributed by atoms with Crippen LogP contribution in [0.3, 0.4) is 0 Å². The first-order valence-electron chi connectivity index (χ1n) is 5.17. The molecular weight excluding hydrogens is 174 g/mol. The molecule has 2 atom stereocenters. The largest absolute Gasteiger partial charge is 0.371 e. The number of nitrogens with one attached hydrogen (secondary N) is 1. The van der Waals surface area contributed by atoms with Crippen LogP contribution in [0.15, 0.2) is 24.3 Å². The predicted octanol–water partition coefficient (Wildman–Crippen LogP) is 2.04. The Balaban J connectivity index is 2.08. The molecule has 0 radical (unpaired) electrons. The van der Waals surface area contributed by atoms with Crippen LogP contribution >= 0.6 is 0 Å². The van der Waals surface area contributed by atoms with Crippen molar-refractivity contribution < 1.29 is 4.74 Å². The molecule has 0 unspecified atom stereocenters. The molecule has 2 heteroatoms. The summed E-state index contributed by atoms with van der Waals surface area (Å²) in [6.45, 7) is 5.98. The van der Waals surface area contributed by atoms with Crippen LogP contribution in [0.5, 0.6) is 0 Å². The van der Waals surface area contributed by atoms with Gasteiger partial charge in [-0.2, -0.15) is 0 Å². The highest BCUT2D eigenvalue weighted by Gasteiger charge is 2.19. The Labute approximate surface area is 85.3 Å². The lowest BCUT2D eigenvalue weighted by molar-refractivity contribution is 0.00693. The van der Waals surface area contributed by atoms with Gasteiger partial charge in [0.1, 0.15) is 0 Å². The molecule has 1 saturated heterocycles. The van der Waals surface area contributed by atoms with Crippen LogP contribution in [0.1, 0.15) is 24.2 Å². The number of morpholine rings is 1. The van der Waals surface area contributed by atoms with Gasteiger partial charge in [-0.25, -0.2) is 0 Å². The molecule has 1 aliphatic rings. The zero-order chi connectivity index (χ0) is 9.97. The second kappa shape index (κ2) is 4.11. The third kappa shape index (κ3) is 2.14. The Bertz CT molecular complexity index is 303. The zero-order valence-electron chi connectivity index (χ0n) is 8.79. The topological polar surface area (TPSA) is 21.3 Å². The summed E-state index contributed by atoms with van der Waals surface area (Å²) in [5, 5.41) is 3.42. The van der Waals surface area contributed by atoms with Crippen molar-refractivity contribution in [1.82, 2.24) is 5.32 Å². The van der Waals surface area contributed by atoms with Gasteiger partial charge in [0.25, 0.3) is 0 Å². The minimum absolute atomic E-state index is 0.228. The van der Waals surface area contributed by atoms with Crippen LogP contribution in [-0.4, -0.2) is 19.2 Å². The van der Waals surface area contributed by atoms with Crippen LogP contribution in [0, 0.1) is 6.92 Å².